The van der Waals surface area contributed by atoms with Gasteiger partial charge in [-0.2, -0.15) is 0 Å². The minimum Gasteiger partial charge on any atom is -0.349 e. The van der Waals surface area contributed by atoms with Crippen molar-refractivity contribution in [3.05, 3.63) is 35.6 Å². The molecule has 0 aliphatic heterocycles. The van der Waals surface area contributed by atoms with Crippen molar-refractivity contribution in [1.29, 1.82) is 0 Å². The summed E-state index contributed by atoms with van der Waals surface area (Å²) >= 11 is 0. The van der Waals surface area contributed by atoms with Crippen LogP contribution in [-0.4, -0.2) is 30.7 Å². The molecule has 0 unspecified atom stereocenters. The van der Waals surface area contributed by atoms with E-state index in [1.165, 1.54) is 29.2 Å². The zero-order valence-corrected chi connectivity index (χ0v) is 9.37. The smallest absolute Gasteiger partial charge is 0.222 e. The molecule has 0 atom stereocenters. The van der Waals surface area contributed by atoms with Crippen LogP contribution in [0, 0.1) is 5.82 Å². The summed E-state index contributed by atoms with van der Waals surface area (Å²) in [4.78, 5) is 24.3. The molecule has 0 fully saturated rings. The van der Waals surface area contributed by atoms with Crippen LogP contribution in [0.2, 0.25) is 0 Å². The van der Waals surface area contributed by atoms with Crippen molar-refractivity contribution >= 4 is 11.7 Å². The van der Waals surface area contributed by atoms with Gasteiger partial charge in [-0.15, -0.1) is 0 Å². The van der Waals surface area contributed by atoms with Crippen molar-refractivity contribution in [2.75, 3.05) is 14.1 Å². The number of halogens is 1. The molecule has 0 saturated heterocycles. The predicted octanol–water partition coefficient (Wildman–Crippen LogP) is 1.88. The van der Waals surface area contributed by atoms with Gasteiger partial charge in [0, 0.05) is 32.5 Å². The van der Waals surface area contributed by atoms with Crippen LogP contribution < -0.4 is 0 Å². The molecule has 0 aliphatic carbocycles. The van der Waals surface area contributed by atoms with E-state index >= 15 is 0 Å². The zero-order chi connectivity index (χ0) is 12.1. The highest BCUT2D eigenvalue weighted by Gasteiger charge is 2.10. The summed E-state index contributed by atoms with van der Waals surface area (Å²) in [5.41, 5.74) is 0.438. The van der Waals surface area contributed by atoms with E-state index in [2.05, 4.69) is 0 Å². The summed E-state index contributed by atoms with van der Waals surface area (Å²) in [7, 11) is 3.29. The molecule has 1 aromatic rings. The molecule has 86 valence electrons. The van der Waals surface area contributed by atoms with Gasteiger partial charge in [0.1, 0.15) is 5.82 Å². The molecule has 1 aromatic carbocycles. The van der Waals surface area contributed by atoms with Crippen molar-refractivity contribution in [2.24, 2.45) is 0 Å². The maximum absolute atomic E-state index is 12.6. The van der Waals surface area contributed by atoms with Gasteiger partial charge >= 0.3 is 0 Å². The molecule has 0 aromatic heterocycles. The summed E-state index contributed by atoms with van der Waals surface area (Å²) in [6.07, 6.45) is 0.339. The molecule has 16 heavy (non-hydrogen) atoms. The Balaban J connectivity index is 2.53. The molecule has 0 saturated carbocycles. The molecular formula is C12H14FNO2. The van der Waals surface area contributed by atoms with Crippen LogP contribution in [0.25, 0.3) is 0 Å². The third-order valence-corrected chi connectivity index (χ3v) is 2.23. The first-order valence-corrected chi connectivity index (χ1v) is 4.99. The highest BCUT2D eigenvalue weighted by Crippen LogP contribution is 2.07. The molecule has 0 radical (unpaired) electrons. The van der Waals surface area contributed by atoms with Gasteiger partial charge in [-0.1, -0.05) is 0 Å². The van der Waals surface area contributed by atoms with Crippen LogP contribution in [0.3, 0.4) is 0 Å². The number of hydrogen-bond acceptors (Lipinski definition) is 2. The van der Waals surface area contributed by atoms with E-state index in [0.717, 1.165) is 0 Å². The number of carbonyl (C=O) groups excluding carboxylic acids is 2. The maximum Gasteiger partial charge on any atom is 0.222 e. The molecule has 0 aliphatic rings. The van der Waals surface area contributed by atoms with Gasteiger partial charge in [0.2, 0.25) is 5.91 Å². The Bertz CT molecular complexity index is 385. The predicted molar refractivity (Wildman–Crippen MR) is 58.7 cm³/mol. The molecule has 1 rings (SSSR count). The largest absolute Gasteiger partial charge is 0.349 e. The van der Waals surface area contributed by atoms with E-state index in [9.17, 15) is 14.0 Å². The monoisotopic (exact) mass is 223 g/mol. The quantitative estimate of drug-likeness (QED) is 0.731. The van der Waals surface area contributed by atoms with E-state index in [0.29, 0.717) is 5.56 Å². The lowest BCUT2D eigenvalue weighted by Crippen LogP contribution is -2.22. The summed E-state index contributed by atoms with van der Waals surface area (Å²) < 4.78 is 12.6. The fourth-order valence-corrected chi connectivity index (χ4v) is 1.22. The van der Waals surface area contributed by atoms with Gasteiger partial charge in [0.05, 0.1) is 0 Å². The van der Waals surface area contributed by atoms with Crippen molar-refractivity contribution < 1.29 is 14.0 Å². The Morgan fingerprint density at radius 1 is 1.12 bits per heavy atom. The van der Waals surface area contributed by atoms with Crippen LogP contribution in [0.5, 0.6) is 0 Å². The van der Waals surface area contributed by atoms with Gasteiger partial charge in [0.15, 0.2) is 5.78 Å². The van der Waals surface area contributed by atoms with Gasteiger partial charge in [0.25, 0.3) is 0 Å². The molecule has 0 N–H and O–H groups in total. The first-order chi connectivity index (χ1) is 7.50. The molecule has 3 nitrogen and oxygen atoms in total. The van der Waals surface area contributed by atoms with E-state index in [-0.39, 0.29) is 30.3 Å². The van der Waals surface area contributed by atoms with Crippen LogP contribution in [-0.2, 0) is 4.79 Å². The Morgan fingerprint density at radius 2 is 1.69 bits per heavy atom. The third kappa shape index (κ3) is 3.46. The number of nitrogens with zero attached hydrogens (tertiary/aromatic N) is 1. The lowest BCUT2D eigenvalue weighted by atomic mass is 10.1. The maximum atomic E-state index is 12.6. The van der Waals surface area contributed by atoms with Crippen LogP contribution >= 0.6 is 0 Å². The summed E-state index contributed by atoms with van der Waals surface area (Å²) in [6.45, 7) is 0. The van der Waals surface area contributed by atoms with Crippen LogP contribution in [0.4, 0.5) is 4.39 Å². The number of ketones is 1. The lowest BCUT2D eigenvalue weighted by molar-refractivity contribution is -0.128. The van der Waals surface area contributed by atoms with Gasteiger partial charge < -0.3 is 4.90 Å². The van der Waals surface area contributed by atoms with E-state index in [1.807, 2.05) is 0 Å². The first-order valence-electron chi connectivity index (χ1n) is 4.99. The number of rotatable bonds is 4. The summed E-state index contributed by atoms with van der Waals surface area (Å²) in [6, 6.07) is 5.33. The van der Waals surface area contributed by atoms with Crippen molar-refractivity contribution in [3.63, 3.8) is 0 Å². The van der Waals surface area contributed by atoms with E-state index < -0.39 is 0 Å². The number of hydrogen-bond donors (Lipinski definition) is 0. The standard InChI is InChI=1S/C12H14FNO2/c1-14(2)12(16)8-7-11(15)9-3-5-10(13)6-4-9/h3-6H,7-8H2,1-2H3. The minimum atomic E-state index is -0.374. The number of carbonyl (C=O) groups is 2. The van der Waals surface area contributed by atoms with E-state index in [1.54, 1.807) is 14.1 Å². The Hall–Kier alpha value is -1.71. The molecule has 1 amide bonds. The average Bonchev–Trinajstić information content (AvgIpc) is 2.26. The first kappa shape index (κ1) is 12.4. The fourth-order valence-electron chi connectivity index (χ4n) is 1.22. The second-order valence-electron chi connectivity index (χ2n) is 3.72. The van der Waals surface area contributed by atoms with Crippen molar-refractivity contribution in [3.8, 4) is 0 Å². The highest BCUT2D eigenvalue weighted by atomic mass is 19.1. The molecule has 0 spiro atoms. The Morgan fingerprint density at radius 3 is 2.19 bits per heavy atom. The molecule has 0 heterocycles. The second-order valence-corrected chi connectivity index (χ2v) is 3.72. The lowest BCUT2D eigenvalue weighted by Gasteiger charge is -2.09. The van der Waals surface area contributed by atoms with Crippen molar-refractivity contribution in [1.82, 2.24) is 4.90 Å². The van der Waals surface area contributed by atoms with Gasteiger partial charge in [-0.05, 0) is 24.3 Å². The number of amides is 1. The molecular weight excluding hydrogens is 209 g/mol. The SMILES string of the molecule is CN(C)C(=O)CCC(=O)c1ccc(F)cc1. The Labute approximate surface area is 93.9 Å². The second kappa shape index (κ2) is 5.39. The fraction of sp³-hybridized carbons (Fsp3) is 0.333. The summed E-state index contributed by atoms with van der Waals surface area (Å²) in [5, 5.41) is 0. The number of Topliss-reactive ketones (excluding diaryl/α,β-unsaturated/α-hetero) is 1. The topological polar surface area (TPSA) is 37.4 Å². The summed E-state index contributed by atoms with van der Waals surface area (Å²) in [5.74, 6) is -0.605. The normalized spacial score (nSPS) is 9.94. The van der Waals surface area contributed by atoms with Crippen LogP contribution in [0.15, 0.2) is 24.3 Å². The average molecular weight is 223 g/mol. The van der Waals surface area contributed by atoms with Crippen LogP contribution in [0.1, 0.15) is 23.2 Å². The molecule has 0 bridgehead atoms. The Kier molecular flexibility index (Phi) is 4.17. The van der Waals surface area contributed by atoms with Gasteiger partial charge in [-0.3, -0.25) is 9.59 Å². The third-order valence-electron chi connectivity index (χ3n) is 2.23. The zero-order valence-electron chi connectivity index (χ0n) is 9.37. The van der Waals surface area contributed by atoms with E-state index in [4.69, 9.17) is 0 Å². The minimum absolute atomic E-state index is 0.0875. The van der Waals surface area contributed by atoms with Crippen molar-refractivity contribution in [2.45, 2.75) is 12.8 Å². The number of benzene rings is 1. The van der Waals surface area contributed by atoms with Gasteiger partial charge in [-0.25, -0.2) is 4.39 Å². The molecule has 4 heteroatoms. The highest BCUT2D eigenvalue weighted by molar-refractivity contribution is 5.97.